The molecule has 4 unspecified atom stereocenters. The van der Waals surface area contributed by atoms with Crippen LogP contribution in [0.15, 0.2) is 48.9 Å². The van der Waals surface area contributed by atoms with E-state index in [1.165, 1.54) is 16.6 Å². The van der Waals surface area contributed by atoms with Crippen LogP contribution in [0, 0.1) is 17.6 Å². The first-order valence-electron chi connectivity index (χ1n) is 13.2. The highest BCUT2D eigenvalue weighted by Gasteiger charge is 2.35. The molecule has 4 aromatic rings. The van der Waals surface area contributed by atoms with E-state index in [0.29, 0.717) is 22.9 Å². The molecule has 0 saturated heterocycles. The number of nitrogens with one attached hydrogen (secondary N) is 1. The first-order chi connectivity index (χ1) is 18.7. The molecule has 0 radical (unpaired) electrons. The second-order valence-corrected chi connectivity index (χ2v) is 10.5. The predicted octanol–water partition coefficient (Wildman–Crippen LogP) is 5.59. The average Bonchev–Trinajstić information content (AvgIpc) is 3.29. The summed E-state index contributed by atoms with van der Waals surface area (Å²) in [4.78, 5) is 8.79. The van der Waals surface area contributed by atoms with E-state index < -0.39 is 11.6 Å². The third-order valence-electron chi connectivity index (χ3n) is 7.33. The van der Waals surface area contributed by atoms with E-state index in [1.807, 2.05) is 19.9 Å². The number of nitrogens with zero attached hydrogens (tertiary/aromatic N) is 4. The molecule has 1 aliphatic carbocycles. The van der Waals surface area contributed by atoms with Gasteiger partial charge in [-0.2, -0.15) is 9.61 Å². The van der Waals surface area contributed by atoms with Gasteiger partial charge in [-0.3, -0.25) is 4.98 Å². The van der Waals surface area contributed by atoms with Crippen LogP contribution in [0.25, 0.3) is 16.8 Å². The molecule has 1 aliphatic rings. The van der Waals surface area contributed by atoms with Crippen molar-refractivity contribution >= 4 is 17.2 Å². The Morgan fingerprint density at radius 3 is 2.59 bits per heavy atom. The number of anilines is 2. The lowest BCUT2D eigenvalue weighted by Crippen LogP contribution is -2.45. The monoisotopic (exact) mass is 536 g/mol. The molecule has 5 rings (SSSR count). The molecule has 4 atom stereocenters. The van der Waals surface area contributed by atoms with Crippen LogP contribution in [-0.2, 0) is 16.1 Å². The van der Waals surface area contributed by atoms with Crippen molar-refractivity contribution in [2.75, 3.05) is 12.4 Å². The molecule has 0 aliphatic heterocycles. The fourth-order valence-electron chi connectivity index (χ4n) is 5.53. The van der Waals surface area contributed by atoms with E-state index in [-0.39, 0.29) is 42.0 Å². The topological polar surface area (TPSA) is 99.6 Å². The molecule has 1 fully saturated rings. The number of methoxy groups -OCH3 is 1. The predicted molar refractivity (Wildman–Crippen MR) is 146 cm³/mol. The number of benzene rings is 1. The molecule has 0 spiro atoms. The van der Waals surface area contributed by atoms with Gasteiger partial charge in [0.05, 0.1) is 53.7 Å². The van der Waals surface area contributed by atoms with Crippen LogP contribution in [0.4, 0.5) is 20.4 Å². The third kappa shape index (κ3) is 5.63. The largest absolute Gasteiger partial charge is 0.380 e. The Hall–Kier alpha value is -3.47. The van der Waals surface area contributed by atoms with Crippen LogP contribution in [0.5, 0.6) is 0 Å². The standard InChI is InChI=1S/C29H34F2N6O2/c1-16(2)39-15-18-10-22(30)27(23(31)11-18)25-6-5-20-13-34-29(37(20)36-25)35-26-14-33-8-7-21(26)19-9-17(3)28(38-4)24(32)12-19/h5-8,10-11,13-14,16-17,19,24,28H,9,12,15,32H2,1-4H3,(H,34,35). The second kappa shape index (κ2) is 11.3. The van der Waals surface area contributed by atoms with Crippen LogP contribution in [0.2, 0.25) is 0 Å². The maximum Gasteiger partial charge on any atom is 0.229 e. The Bertz CT molecular complexity index is 1420. The molecular formula is C29H34F2N6O2. The van der Waals surface area contributed by atoms with Crippen molar-refractivity contribution in [1.82, 2.24) is 19.6 Å². The molecule has 10 heteroatoms. The van der Waals surface area contributed by atoms with Crippen molar-refractivity contribution in [3.05, 3.63) is 71.7 Å². The molecule has 8 nitrogen and oxygen atoms in total. The molecule has 0 bridgehead atoms. The van der Waals surface area contributed by atoms with Gasteiger partial charge in [0.15, 0.2) is 0 Å². The highest BCUT2D eigenvalue weighted by Crippen LogP contribution is 2.40. The highest BCUT2D eigenvalue weighted by atomic mass is 19.1. The quantitative estimate of drug-likeness (QED) is 0.303. The van der Waals surface area contributed by atoms with E-state index in [1.54, 1.807) is 37.8 Å². The van der Waals surface area contributed by atoms with E-state index >= 15 is 8.78 Å². The van der Waals surface area contributed by atoms with Gasteiger partial charge >= 0.3 is 0 Å². The molecule has 3 heterocycles. The van der Waals surface area contributed by atoms with Gasteiger partial charge < -0.3 is 20.5 Å². The Morgan fingerprint density at radius 1 is 1.13 bits per heavy atom. The molecule has 39 heavy (non-hydrogen) atoms. The summed E-state index contributed by atoms with van der Waals surface area (Å²) >= 11 is 0. The van der Waals surface area contributed by atoms with Gasteiger partial charge in [0.1, 0.15) is 11.6 Å². The lowest BCUT2D eigenvalue weighted by atomic mass is 9.74. The number of hydrogen-bond acceptors (Lipinski definition) is 7. The van der Waals surface area contributed by atoms with Gasteiger partial charge in [-0.15, -0.1) is 0 Å². The maximum atomic E-state index is 15.1. The molecule has 1 saturated carbocycles. The SMILES string of the molecule is COC1C(C)CC(c2ccncc2Nc2ncc3ccc(-c4c(F)cc(COC(C)C)cc4F)nn23)CC1N. The molecule has 0 amide bonds. The summed E-state index contributed by atoms with van der Waals surface area (Å²) < 4.78 is 42.8. The van der Waals surface area contributed by atoms with Crippen LogP contribution in [-0.4, -0.2) is 44.9 Å². The molecular weight excluding hydrogens is 502 g/mol. The van der Waals surface area contributed by atoms with Crippen molar-refractivity contribution in [2.24, 2.45) is 11.7 Å². The maximum absolute atomic E-state index is 15.1. The summed E-state index contributed by atoms with van der Waals surface area (Å²) in [5.41, 5.74) is 9.35. The Labute approximate surface area is 226 Å². The van der Waals surface area contributed by atoms with E-state index in [2.05, 4.69) is 27.3 Å². The summed E-state index contributed by atoms with van der Waals surface area (Å²) in [7, 11) is 1.71. The molecule has 3 aromatic heterocycles. The van der Waals surface area contributed by atoms with Crippen LogP contribution in [0.1, 0.15) is 50.7 Å². The van der Waals surface area contributed by atoms with Crippen molar-refractivity contribution < 1.29 is 18.3 Å². The van der Waals surface area contributed by atoms with Crippen LogP contribution >= 0.6 is 0 Å². The van der Waals surface area contributed by atoms with Crippen LogP contribution < -0.4 is 11.1 Å². The summed E-state index contributed by atoms with van der Waals surface area (Å²) in [6.45, 7) is 6.02. The average molecular weight is 537 g/mol. The first kappa shape index (κ1) is 27.1. The van der Waals surface area contributed by atoms with Crippen molar-refractivity contribution in [3.8, 4) is 11.3 Å². The second-order valence-electron chi connectivity index (χ2n) is 10.5. The van der Waals surface area contributed by atoms with Gasteiger partial charge in [-0.1, -0.05) is 6.92 Å². The van der Waals surface area contributed by atoms with Gasteiger partial charge in [-0.05, 0) is 80.0 Å². The lowest BCUT2D eigenvalue weighted by Gasteiger charge is -2.38. The van der Waals surface area contributed by atoms with Crippen molar-refractivity contribution in [2.45, 2.75) is 64.4 Å². The Kier molecular flexibility index (Phi) is 7.88. The van der Waals surface area contributed by atoms with Gasteiger partial charge in [0, 0.05) is 19.3 Å². The van der Waals surface area contributed by atoms with E-state index in [0.717, 1.165) is 24.1 Å². The molecule has 3 N–H and O–H groups in total. The number of nitrogens with two attached hydrogens (primary N) is 1. The number of halogens is 2. The Morgan fingerprint density at radius 2 is 1.90 bits per heavy atom. The minimum Gasteiger partial charge on any atom is -0.380 e. The Balaban J connectivity index is 1.45. The normalized spacial score (nSPS) is 21.5. The van der Waals surface area contributed by atoms with E-state index in [4.69, 9.17) is 15.2 Å². The molecule has 206 valence electrons. The van der Waals surface area contributed by atoms with Gasteiger partial charge in [-0.25, -0.2) is 13.8 Å². The fourth-order valence-corrected chi connectivity index (χ4v) is 5.53. The summed E-state index contributed by atoms with van der Waals surface area (Å²) in [6, 6.07) is 7.79. The number of fused-ring (bicyclic) bond motifs is 1. The zero-order chi connectivity index (χ0) is 27.7. The zero-order valence-corrected chi connectivity index (χ0v) is 22.6. The minimum atomic E-state index is -0.703. The number of aromatic nitrogens is 4. The number of rotatable bonds is 8. The highest BCUT2D eigenvalue weighted by molar-refractivity contribution is 5.66. The summed E-state index contributed by atoms with van der Waals surface area (Å²) in [6.07, 6.45) is 6.84. The van der Waals surface area contributed by atoms with Crippen molar-refractivity contribution in [1.29, 1.82) is 0 Å². The van der Waals surface area contributed by atoms with E-state index in [9.17, 15) is 0 Å². The third-order valence-corrected chi connectivity index (χ3v) is 7.33. The molecule has 1 aromatic carbocycles. The van der Waals surface area contributed by atoms with Gasteiger partial charge in [0.2, 0.25) is 5.95 Å². The minimum absolute atomic E-state index is 0.0240. The fraction of sp³-hybridized carbons (Fsp3) is 0.414. The van der Waals surface area contributed by atoms with Gasteiger partial charge in [0.25, 0.3) is 0 Å². The number of hydrogen-bond donors (Lipinski definition) is 2. The van der Waals surface area contributed by atoms with Crippen molar-refractivity contribution in [3.63, 3.8) is 0 Å². The summed E-state index contributed by atoms with van der Waals surface area (Å²) in [5, 5.41) is 7.88. The first-order valence-corrected chi connectivity index (χ1v) is 13.2. The zero-order valence-electron chi connectivity index (χ0n) is 22.6. The summed E-state index contributed by atoms with van der Waals surface area (Å²) in [5.74, 6) is -0.486. The smallest absolute Gasteiger partial charge is 0.229 e. The number of pyridine rings is 1. The lowest BCUT2D eigenvalue weighted by molar-refractivity contribution is 0.00984. The van der Waals surface area contributed by atoms with Crippen LogP contribution in [0.3, 0.4) is 0 Å². The number of ether oxygens (including phenoxy) is 2. The number of imidazole rings is 1.